The van der Waals surface area contributed by atoms with Gasteiger partial charge >= 0.3 is 0 Å². The summed E-state index contributed by atoms with van der Waals surface area (Å²) in [5.74, 6) is 0.990. The van der Waals surface area contributed by atoms with E-state index in [-0.39, 0.29) is 12.3 Å². The summed E-state index contributed by atoms with van der Waals surface area (Å²) in [6, 6.07) is 4.00. The molecule has 0 aliphatic carbocycles. The number of carbonyl (C=O) groups excluding carboxylic acids is 1. The van der Waals surface area contributed by atoms with Crippen molar-refractivity contribution in [3.63, 3.8) is 0 Å². The van der Waals surface area contributed by atoms with Crippen molar-refractivity contribution < 1.29 is 9.32 Å². The van der Waals surface area contributed by atoms with Crippen LogP contribution in [0.15, 0.2) is 21.8 Å². The lowest BCUT2D eigenvalue weighted by molar-refractivity contribution is -0.115. The molecule has 0 atom stereocenters. The van der Waals surface area contributed by atoms with Crippen LogP contribution in [0.5, 0.6) is 0 Å². The van der Waals surface area contributed by atoms with Crippen LogP contribution in [0.1, 0.15) is 23.7 Å². The molecular formula is C15H17N5O2S. The summed E-state index contributed by atoms with van der Waals surface area (Å²) in [4.78, 5) is 16.4. The Bertz CT molecular complexity index is 855. The number of carbonyl (C=O) groups is 1. The number of benzene rings is 1. The van der Waals surface area contributed by atoms with Crippen molar-refractivity contribution in [2.45, 2.75) is 32.3 Å². The Kier molecular flexibility index (Phi) is 4.33. The van der Waals surface area contributed by atoms with E-state index >= 15 is 0 Å². The molecule has 0 saturated heterocycles. The van der Waals surface area contributed by atoms with Crippen molar-refractivity contribution in [3.05, 3.63) is 29.0 Å². The number of hydrogen-bond donors (Lipinski definition) is 2. The molecule has 3 aromatic rings. The maximum Gasteiger partial charge on any atom is 0.232 e. The standard InChI is InChI=1S/C15H17N5O2S/c1-4-23-15-17-14(18-19-15)16-12(21)7-11-10-6-8(2)5-9(3)13(10)22-20-11/h5-6H,4,7H2,1-3H3,(H2,16,17,18,19,21). The van der Waals surface area contributed by atoms with Crippen LogP contribution in [0.2, 0.25) is 0 Å². The Balaban J connectivity index is 1.75. The first-order chi connectivity index (χ1) is 11.1. The van der Waals surface area contributed by atoms with Crippen LogP contribution in [0.25, 0.3) is 11.0 Å². The largest absolute Gasteiger partial charge is 0.356 e. The van der Waals surface area contributed by atoms with Gasteiger partial charge in [-0.1, -0.05) is 29.9 Å². The molecule has 2 N–H and O–H groups in total. The van der Waals surface area contributed by atoms with Gasteiger partial charge in [0.25, 0.3) is 0 Å². The molecule has 23 heavy (non-hydrogen) atoms. The number of nitrogens with zero attached hydrogens (tertiary/aromatic N) is 3. The highest BCUT2D eigenvalue weighted by atomic mass is 32.2. The maximum absolute atomic E-state index is 12.2. The van der Waals surface area contributed by atoms with Crippen LogP contribution in [0.4, 0.5) is 5.95 Å². The highest BCUT2D eigenvalue weighted by Gasteiger charge is 2.15. The van der Waals surface area contributed by atoms with Crippen LogP contribution in [0.3, 0.4) is 0 Å². The smallest absolute Gasteiger partial charge is 0.232 e. The molecule has 0 bridgehead atoms. The summed E-state index contributed by atoms with van der Waals surface area (Å²) < 4.78 is 5.35. The monoisotopic (exact) mass is 331 g/mol. The molecule has 3 rings (SSSR count). The first-order valence-corrected chi connectivity index (χ1v) is 8.26. The normalized spacial score (nSPS) is 11.1. The van der Waals surface area contributed by atoms with Crippen molar-refractivity contribution in [1.29, 1.82) is 0 Å². The lowest BCUT2D eigenvalue weighted by atomic mass is 10.1. The summed E-state index contributed by atoms with van der Waals surface area (Å²) in [5.41, 5.74) is 3.46. The highest BCUT2D eigenvalue weighted by Crippen LogP contribution is 2.24. The first kappa shape index (κ1) is 15.5. The third kappa shape index (κ3) is 3.37. The molecule has 2 heterocycles. The average Bonchev–Trinajstić information content (AvgIpc) is 3.07. The van der Waals surface area contributed by atoms with Gasteiger partial charge in [-0.3, -0.25) is 10.1 Å². The van der Waals surface area contributed by atoms with E-state index in [0.29, 0.717) is 16.8 Å². The molecule has 1 amide bonds. The topological polar surface area (TPSA) is 96.7 Å². The van der Waals surface area contributed by atoms with Gasteiger partial charge < -0.3 is 4.52 Å². The van der Waals surface area contributed by atoms with Crippen LogP contribution < -0.4 is 5.32 Å². The first-order valence-electron chi connectivity index (χ1n) is 7.27. The van der Waals surface area contributed by atoms with Gasteiger partial charge in [-0.15, -0.1) is 5.10 Å². The third-order valence-electron chi connectivity index (χ3n) is 3.30. The molecule has 0 saturated carbocycles. The quantitative estimate of drug-likeness (QED) is 0.698. The van der Waals surface area contributed by atoms with Crippen molar-refractivity contribution in [1.82, 2.24) is 20.3 Å². The summed E-state index contributed by atoms with van der Waals surface area (Å²) in [6.45, 7) is 5.98. The Hall–Kier alpha value is -2.35. The number of amides is 1. The number of rotatable bonds is 5. The maximum atomic E-state index is 12.2. The van der Waals surface area contributed by atoms with E-state index in [4.69, 9.17) is 4.52 Å². The van der Waals surface area contributed by atoms with Crippen molar-refractivity contribution >= 4 is 34.6 Å². The molecule has 0 unspecified atom stereocenters. The summed E-state index contributed by atoms with van der Waals surface area (Å²) in [6.07, 6.45) is 0.118. The van der Waals surface area contributed by atoms with E-state index in [0.717, 1.165) is 27.8 Å². The van der Waals surface area contributed by atoms with E-state index in [9.17, 15) is 4.79 Å². The van der Waals surface area contributed by atoms with Crippen molar-refractivity contribution in [2.24, 2.45) is 0 Å². The number of fused-ring (bicyclic) bond motifs is 1. The van der Waals surface area contributed by atoms with Gasteiger partial charge in [0, 0.05) is 5.39 Å². The number of aromatic amines is 1. The lowest BCUT2D eigenvalue weighted by Crippen LogP contribution is -2.15. The Morgan fingerprint density at radius 3 is 3.00 bits per heavy atom. The molecule has 8 heteroatoms. The third-order valence-corrected chi connectivity index (χ3v) is 4.03. The van der Waals surface area contributed by atoms with Crippen molar-refractivity contribution in [2.75, 3.05) is 11.1 Å². The zero-order valence-corrected chi connectivity index (χ0v) is 14.0. The zero-order chi connectivity index (χ0) is 16.4. The molecule has 0 radical (unpaired) electrons. The molecule has 120 valence electrons. The average molecular weight is 331 g/mol. The Morgan fingerprint density at radius 1 is 1.39 bits per heavy atom. The fraction of sp³-hybridized carbons (Fsp3) is 0.333. The molecule has 1 aromatic carbocycles. The van der Waals surface area contributed by atoms with Gasteiger partial charge in [-0.25, -0.2) is 5.10 Å². The number of aryl methyl sites for hydroxylation is 2. The van der Waals surface area contributed by atoms with Gasteiger partial charge in [-0.05, 0) is 36.8 Å². The van der Waals surface area contributed by atoms with Crippen LogP contribution in [0, 0.1) is 13.8 Å². The van der Waals surface area contributed by atoms with Crippen LogP contribution in [-0.2, 0) is 11.2 Å². The molecule has 0 aliphatic rings. The van der Waals surface area contributed by atoms with Gasteiger partial charge in [0.2, 0.25) is 17.0 Å². The molecular weight excluding hydrogens is 314 g/mol. The minimum Gasteiger partial charge on any atom is -0.356 e. The minimum absolute atomic E-state index is 0.118. The van der Waals surface area contributed by atoms with Gasteiger partial charge in [0.15, 0.2) is 5.58 Å². The van der Waals surface area contributed by atoms with E-state index in [1.807, 2.05) is 32.9 Å². The Labute approximate surface area is 137 Å². The second-order valence-electron chi connectivity index (χ2n) is 5.21. The van der Waals surface area contributed by atoms with E-state index in [2.05, 4.69) is 25.7 Å². The number of hydrogen-bond acceptors (Lipinski definition) is 6. The molecule has 2 aromatic heterocycles. The van der Waals surface area contributed by atoms with E-state index in [1.54, 1.807) is 0 Å². The molecule has 0 aliphatic heterocycles. The Morgan fingerprint density at radius 2 is 2.22 bits per heavy atom. The summed E-state index contributed by atoms with van der Waals surface area (Å²) >= 11 is 1.50. The molecule has 0 fully saturated rings. The number of anilines is 1. The van der Waals surface area contributed by atoms with Crippen molar-refractivity contribution in [3.8, 4) is 0 Å². The summed E-state index contributed by atoms with van der Waals surface area (Å²) in [7, 11) is 0. The zero-order valence-electron chi connectivity index (χ0n) is 13.1. The van der Waals surface area contributed by atoms with Gasteiger partial charge in [-0.2, -0.15) is 4.98 Å². The van der Waals surface area contributed by atoms with Gasteiger partial charge in [0.05, 0.1) is 6.42 Å². The minimum atomic E-state index is -0.219. The highest BCUT2D eigenvalue weighted by molar-refractivity contribution is 7.99. The second-order valence-corrected chi connectivity index (χ2v) is 6.44. The predicted molar refractivity (Wildman–Crippen MR) is 88.6 cm³/mol. The van der Waals surface area contributed by atoms with Gasteiger partial charge in [0.1, 0.15) is 5.69 Å². The van der Waals surface area contributed by atoms with Crippen LogP contribution >= 0.6 is 11.8 Å². The summed E-state index contributed by atoms with van der Waals surface area (Å²) in [5, 5.41) is 14.9. The SMILES string of the molecule is CCSc1n[nH]c(NC(=O)Cc2noc3c(C)cc(C)cc23)n1. The number of thioether (sulfide) groups is 1. The number of nitrogens with one attached hydrogen (secondary N) is 2. The fourth-order valence-electron chi connectivity index (χ4n) is 2.39. The van der Waals surface area contributed by atoms with Crippen LogP contribution in [-0.4, -0.2) is 32.0 Å². The second kappa shape index (κ2) is 6.41. The molecule has 0 spiro atoms. The number of H-pyrrole nitrogens is 1. The number of aromatic nitrogens is 4. The van der Waals surface area contributed by atoms with E-state index < -0.39 is 0 Å². The lowest BCUT2D eigenvalue weighted by Gasteiger charge is -2.00. The van der Waals surface area contributed by atoms with E-state index in [1.165, 1.54) is 11.8 Å². The fourth-order valence-corrected chi connectivity index (χ4v) is 2.92. The predicted octanol–water partition coefficient (Wildman–Crippen LogP) is 2.86. The molecule has 7 nitrogen and oxygen atoms in total.